The normalized spacial score (nSPS) is 12.3. The Hall–Kier alpha value is -2.96. The predicted octanol–water partition coefficient (Wildman–Crippen LogP) is 5.04. The molecule has 0 aliphatic heterocycles. The minimum absolute atomic E-state index is 0.0507. The number of esters is 1. The van der Waals surface area contributed by atoms with Crippen molar-refractivity contribution in [2.75, 3.05) is 23.0 Å². The molecule has 9 nitrogen and oxygen atoms in total. The Morgan fingerprint density at radius 3 is 2.58 bits per heavy atom. The van der Waals surface area contributed by atoms with Gasteiger partial charge in [0.15, 0.2) is 4.34 Å². The largest absolute Gasteiger partial charge is 0.491 e. The highest BCUT2D eigenvalue weighted by Gasteiger charge is 2.28. The van der Waals surface area contributed by atoms with E-state index >= 15 is 0 Å². The van der Waals surface area contributed by atoms with Crippen LogP contribution in [0.2, 0.25) is 0 Å². The first-order valence-electron chi connectivity index (χ1n) is 11.5. The minimum atomic E-state index is -0.397. The molecule has 0 saturated heterocycles. The first kappa shape index (κ1) is 26.1. The summed E-state index contributed by atoms with van der Waals surface area (Å²) in [5.41, 5.74) is 1.94. The Balaban J connectivity index is 1.31. The Bertz CT molecular complexity index is 1250. The first-order chi connectivity index (χ1) is 17.3. The van der Waals surface area contributed by atoms with Crippen LogP contribution in [0.4, 0.5) is 10.1 Å². The lowest BCUT2D eigenvalue weighted by Crippen LogP contribution is -2.16. The Morgan fingerprint density at radius 2 is 1.86 bits per heavy atom. The predicted molar refractivity (Wildman–Crippen MR) is 142 cm³/mol. The molecule has 190 valence electrons. The van der Waals surface area contributed by atoms with E-state index in [2.05, 4.69) is 20.8 Å². The van der Waals surface area contributed by atoms with Crippen LogP contribution in [0.15, 0.2) is 28.6 Å². The number of carbonyl (C=O) groups excluding carboxylic acids is 3. The fourth-order valence-corrected chi connectivity index (χ4v) is 6.49. The van der Waals surface area contributed by atoms with Crippen molar-refractivity contribution < 1.29 is 23.9 Å². The van der Waals surface area contributed by atoms with E-state index in [0.717, 1.165) is 29.7 Å². The number of rotatable bonds is 10. The topological polar surface area (TPSA) is 120 Å². The van der Waals surface area contributed by atoms with Crippen molar-refractivity contribution in [1.29, 1.82) is 0 Å². The van der Waals surface area contributed by atoms with Gasteiger partial charge < -0.3 is 14.8 Å². The molecule has 0 bridgehead atoms. The zero-order valence-electron chi connectivity index (χ0n) is 20.1. The van der Waals surface area contributed by atoms with Crippen molar-refractivity contribution in [2.45, 2.75) is 50.5 Å². The summed E-state index contributed by atoms with van der Waals surface area (Å²) < 4.78 is 11.3. The number of anilines is 2. The lowest BCUT2D eigenvalue weighted by molar-refractivity contribution is -0.113. The molecule has 2 N–H and O–H groups in total. The number of ether oxygens (including phenoxy) is 2. The van der Waals surface area contributed by atoms with Gasteiger partial charge in [0, 0.05) is 10.4 Å². The van der Waals surface area contributed by atoms with Gasteiger partial charge in [-0.3, -0.25) is 14.9 Å². The van der Waals surface area contributed by atoms with E-state index in [-0.39, 0.29) is 30.3 Å². The molecule has 0 unspecified atom stereocenters. The second kappa shape index (κ2) is 11.8. The third kappa shape index (κ3) is 6.42. The smallest absolute Gasteiger partial charge is 0.341 e. The maximum Gasteiger partial charge on any atom is 0.341 e. The van der Waals surface area contributed by atoms with Crippen LogP contribution >= 0.6 is 34.4 Å². The molecule has 1 aliphatic rings. The van der Waals surface area contributed by atoms with Crippen molar-refractivity contribution in [2.24, 2.45) is 0 Å². The molecule has 2 amide bonds. The number of nitrogens with zero attached hydrogens (tertiary/aromatic N) is 2. The van der Waals surface area contributed by atoms with Crippen LogP contribution in [0.5, 0.6) is 5.75 Å². The van der Waals surface area contributed by atoms with E-state index in [1.165, 1.54) is 34.4 Å². The lowest BCUT2D eigenvalue weighted by atomic mass is 10.1. The molecule has 0 radical (unpaired) electrons. The van der Waals surface area contributed by atoms with E-state index in [0.29, 0.717) is 31.3 Å². The van der Waals surface area contributed by atoms with Gasteiger partial charge in [-0.25, -0.2) is 4.79 Å². The van der Waals surface area contributed by atoms with E-state index in [1.807, 2.05) is 13.8 Å². The maximum atomic E-state index is 12.6. The fourth-order valence-electron chi connectivity index (χ4n) is 3.65. The zero-order valence-corrected chi connectivity index (χ0v) is 22.5. The summed E-state index contributed by atoms with van der Waals surface area (Å²) in [6.45, 7) is 5.91. The average Bonchev–Trinajstić information content (AvgIpc) is 3.54. The van der Waals surface area contributed by atoms with Gasteiger partial charge in [0.25, 0.3) is 5.91 Å². The van der Waals surface area contributed by atoms with Crippen molar-refractivity contribution in [1.82, 2.24) is 10.2 Å². The average molecular weight is 547 g/mol. The Morgan fingerprint density at radius 1 is 1.08 bits per heavy atom. The first-order valence-corrected chi connectivity index (χ1v) is 14.1. The van der Waals surface area contributed by atoms with Crippen LogP contribution in [0, 0.1) is 0 Å². The third-order valence-electron chi connectivity index (χ3n) is 5.10. The van der Waals surface area contributed by atoms with Crippen LogP contribution in [0.25, 0.3) is 0 Å². The number of thiophene rings is 1. The van der Waals surface area contributed by atoms with Gasteiger partial charge in [-0.05, 0) is 69.9 Å². The van der Waals surface area contributed by atoms with Crippen LogP contribution in [-0.2, 0) is 22.4 Å². The van der Waals surface area contributed by atoms with Crippen molar-refractivity contribution in [3.8, 4) is 5.75 Å². The monoisotopic (exact) mass is 546 g/mol. The summed E-state index contributed by atoms with van der Waals surface area (Å²) in [4.78, 5) is 38.7. The van der Waals surface area contributed by atoms with Crippen LogP contribution < -0.4 is 15.4 Å². The summed E-state index contributed by atoms with van der Waals surface area (Å²) in [5.74, 6) is -0.184. The number of hydrogen-bond acceptors (Lipinski definition) is 10. The van der Waals surface area contributed by atoms with Crippen molar-refractivity contribution in [3.63, 3.8) is 0 Å². The van der Waals surface area contributed by atoms with Crippen molar-refractivity contribution >= 4 is 62.4 Å². The highest BCUT2D eigenvalue weighted by atomic mass is 32.2. The fraction of sp³-hybridized carbons (Fsp3) is 0.375. The second-order valence-corrected chi connectivity index (χ2v) is 11.4. The molecule has 4 rings (SSSR count). The number of fused-ring (bicyclic) bond motifs is 1. The number of aryl methyl sites for hydroxylation is 1. The van der Waals surface area contributed by atoms with Crippen molar-refractivity contribution in [3.05, 3.63) is 45.8 Å². The maximum absolute atomic E-state index is 12.6. The summed E-state index contributed by atoms with van der Waals surface area (Å²) in [6, 6.07) is 6.84. The van der Waals surface area contributed by atoms with E-state index in [9.17, 15) is 14.4 Å². The molecular formula is C24H26N4O5S3. The molecular weight excluding hydrogens is 520 g/mol. The molecule has 2 aromatic heterocycles. The van der Waals surface area contributed by atoms with Gasteiger partial charge in [0.2, 0.25) is 11.0 Å². The van der Waals surface area contributed by atoms with Gasteiger partial charge in [0.1, 0.15) is 10.8 Å². The van der Waals surface area contributed by atoms with Crippen LogP contribution in [0.3, 0.4) is 0 Å². The van der Waals surface area contributed by atoms with Gasteiger partial charge in [-0.2, -0.15) is 0 Å². The Kier molecular flexibility index (Phi) is 8.60. The molecule has 0 fully saturated rings. The van der Waals surface area contributed by atoms with E-state index < -0.39 is 5.97 Å². The molecule has 36 heavy (non-hydrogen) atoms. The number of benzene rings is 1. The number of aromatic nitrogens is 2. The summed E-state index contributed by atoms with van der Waals surface area (Å²) >= 11 is 3.83. The zero-order chi connectivity index (χ0) is 25.7. The van der Waals surface area contributed by atoms with Gasteiger partial charge in [-0.15, -0.1) is 21.5 Å². The van der Waals surface area contributed by atoms with Crippen LogP contribution in [-0.4, -0.2) is 46.4 Å². The van der Waals surface area contributed by atoms with Gasteiger partial charge >= 0.3 is 5.97 Å². The standard InChI is InChI=1S/C24H26N4O5S3/c1-4-32-22(31)19-16-6-5-7-17(16)35-21(19)25-18(29)12-34-24-28-27-23(36-24)26-20(30)14-8-10-15(11-9-14)33-13(2)3/h8-11,13H,4-7,12H2,1-3H3,(H,25,29)(H,26,27,30). The highest BCUT2D eigenvalue weighted by molar-refractivity contribution is 8.01. The molecule has 2 heterocycles. The Labute approximate surface area is 221 Å². The number of hydrogen-bond donors (Lipinski definition) is 2. The molecule has 12 heteroatoms. The number of nitrogens with one attached hydrogen (secondary N) is 2. The summed E-state index contributed by atoms with van der Waals surface area (Å²) in [7, 11) is 0. The van der Waals surface area contributed by atoms with Gasteiger partial charge in [-0.1, -0.05) is 23.1 Å². The third-order valence-corrected chi connectivity index (χ3v) is 8.28. The molecule has 0 spiro atoms. The minimum Gasteiger partial charge on any atom is -0.491 e. The number of carbonyl (C=O) groups is 3. The number of amides is 2. The van der Waals surface area contributed by atoms with E-state index in [1.54, 1.807) is 31.2 Å². The summed E-state index contributed by atoms with van der Waals surface area (Å²) in [6.07, 6.45) is 2.78. The molecule has 0 saturated carbocycles. The second-order valence-electron chi connectivity index (χ2n) is 8.14. The quantitative estimate of drug-likeness (QED) is 0.206. The van der Waals surface area contributed by atoms with E-state index in [4.69, 9.17) is 9.47 Å². The molecule has 1 aliphatic carbocycles. The van der Waals surface area contributed by atoms with Crippen LogP contribution in [0.1, 0.15) is 58.3 Å². The lowest BCUT2D eigenvalue weighted by Gasteiger charge is -2.09. The molecule has 3 aromatic rings. The molecule has 1 aromatic carbocycles. The highest BCUT2D eigenvalue weighted by Crippen LogP contribution is 2.39. The van der Waals surface area contributed by atoms with Gasteiger partial charge in [0.05, 0.1) is 24.0 Å². The SMILES string of the molecule is CCOC(=O)c1c(NC(=O)CSc2nnc(NC(=O)c3ccc(OC(C)C)cc3)s2)sc2c1CCC2. The molecule has 0 atom stereocenters. The number of thioether (sulfide) groups is 1. The summed E-state index contributed by atoms with van der Waals surface area (Å²) in [5, 5.41) is 14.5.